The van der Waals surface area contributed by atoms with E-state index in [9.17, 15) is 0 Å². The Morgan fingerprint density at radius 2 is 2.09 bits per heavy atom. The zero-order chi connectivity index (χ0) is 14.9. The number of hydrogen-bond donors (Lipinski definition) is 0. The lowest BCUT2D eigenvalue weighted by Gasteiger charge is -2.43. The molecule has 2 aromatic rings. The molecule has 118 valence electrons. The van der Waals surface area contributed by atoms with Crippen molar-refractivity contribution in [2.24, 2.45) is 5.92 Å². The molecule has 0 bridgehead atoms. The molecule has 0 spiro atoms. The highest BCUT2D eigenvalue weighted by atomic mass is 32.1. The zero-order valence-corrected chi connectivity index (χ0v) is 13.4. The maximum absolute atomic E-state index is 5.58. The fraction of sp³-hybridized carbons (Fsp3) is 0.625. The van der Waals surface area contributed by atoms with Crippen molar-refractivity contribution in [2.45, 2.75) is 51.2 Å². The number of fused-ring (bicyclic) bond motifs is 1. The van der Waals surface area contributed by atoms with Gasteiger partial charge in [-0.2, -0.15) is 0 Å². The summed E-state index contributed by atoms with van der Waals surface area (Å²) in [5.41, 5.74) is 0. The van der Waals surface area contributed by atoms with E-state index in [1.165, 1.54) is 38.5 Å². The van der Waals surface area contributed by atoms with Crippen LogP contribution in [-0.4, -0.2) is 27.3 Å². The Balaban J connectivity index is 1.54. The smallest absolute Gasteiger partial charge is 0.288 e. The van der Waals surface area contributed by atoms with E-state index in [1.54, 1.807) is 10.9 Å². The molecule has 0 unspecified atom stereocenters. The van der Waals surface area contributed by atoms with Crippen molar-refractivity contribution >= 4 is 12.2 Å². The van der Waals surface area contributed by atoms with Crippen molar-refractivity contribution in [3.63, 3.8) is 0 Å². The van der Waals surface area contributed by atoms with E-state index in [4.69, 9.17) is 21.1 Å². The molecule has 0 N–H and O–H groups in total. The minimum Gasteiger partial charge on any atom is -0.459 e. The maximum atomic E-state index is 5.58. The molecular formula is C16H21N3O2S. The second-order valence-corrected chi connectivity index (χ2v) is 6.71. The van der Waals surface area contributed by atoms with Crippen molar-refractivity contribution < 1.29 is 8.83 Å². The first-order valence-corrected chi connectivity index (χ1v) is 8.58. The molecule has 3 heterocycles. The lowest BCUT2D eigenvalue weighted by Crippen LogP contribution is -2.47. The topological polar surface area (TPSA) is 47.3 Å². The summed E-state index contributed by atoms with van der Waals surface area (Å²) in [7, 11) is 0. The largest absolute Gasteiger partial charge is 0.459 e. The van der Waals surface area contributed by atoms with Crippen molar-refractivity contribution in [1.82, 2.24) is 14.7 Å². The molecular weight excluding hydrogens is 298 g/mol. The number of likely N-dealkylation sites (tertiary alicyclic amines) is 1. The summed E-state index contributed by atoms with van der Waals surface area (Å²) >= 11 is 5.33. The van der Waals surface area contributed by atoms with Crippen LogP contribution in [0.5, 0.6) is 0 Å². The first-order chi connectivity index (χ1) is 10.8. The molecule has 2 atom stereocenters. The summed E-state index contributed by atoms with van der Waals surface area (Å²) in [5, 5.41) is 4.49. The van der Waals surface area contributed by atoms with Crippen molar-refractivity contribution in [3.8, 4) is 11.7 Å². The Bertz CT molecular complexity index is 674. The number of nitrogens with zero attached hydrogens (tertiary/aromatic N) is 3. The first-order valence-electron chi connectivity index (χ1n) is 8.17. The van der Waals surface area contributed by atoms with Crippen LogP contribution in [0.2, 0.25) is 0 Å². The number of aromatic nitrogens is 2. The number of hydrogen-bond acceptors (Lipinski definition) is 5. The van der Waals surface area contributed by atoms with E-state index < -0.39 is 0 Å². The van der Waals surface area contributed by atoms with Gasteiger partial charge in [0.1, 0.15) is 0 Å². The molecule has 0 amide bonds. The predicted octanol–water partition coefficient (Wildman–Crippen LogP) is 4.08. The van der Waals surface area contributed by atoms with Gasteiger partial charge in [0, 0.05) is 12.6 Å². The quantitative estimate of drug-likeness (QED) is 0.798. The van der Waals surface area contributed by atoms with Crippen LogP contribution in [0, 0.1) is 10.8 Å². The normalized spacial score (nSPS) is 26.0. The monoisotopic (exact) mass is 319 g/mol. The highest BCUT2D eigenvalue weighted by Gasteiger charge is 2.33. The van der Waals surface area contributed by atoms with E-state index in [2.05, 4.69) is 10.00 Å². The summed E-state index contributed by atoms with van der Waals surface area (Å²) in [6, 6.07) is 4.35. The first kappa shape index (κ1) is 14.2. The lowest BCUT2D eigenvalue weighted by molar-refractivity contribution is 0.0318. The standard InChI is InChI=1S/C16H21N3O2S/c22-16-19(17-15(21-16)14-8-4-10-20-14)11-18-9-3-6-12-5-1-2-7-13(12)18/h4,8,10,12-13H,1-3,5-7,9,11H2/t12-,13-/m0/s1. The molecule has 2 fully saturated rings. The average molecular weight is 319 g/mol. The zero-order valence-electron chi connectivity index (χ0n) is 12.6. The van der Waals surface area contributed by atoms with Crippen LogP contribution in [0.4, 0.5) is 0 Å². The van der Waals surface area contributed by atoms with E-state index in [1.807, 2.05) is 12.1 Å². The van der Waals surface area contributed by atoms with Crippen LogP contribution in [0.25, 0.3) is 11.7 Å². The Kier molecular flexibility index (Phi) is 3.88. The highest BCUT2D eigenvalue weighted by Crippen LogP contribution is 2.35. The summed E-state index contributed by atoms with van der Waals surface area (Å²) in [6.07, 6.45) is 9.69. The van der Waals surface area contributed by atoms with Gasteiger partial charge in [0.25, 0.3) is 10.7 Å². The Hall–Kier alpha value is -1.40. The molecule has 0 aromatic carbocycles. The van der Waals surface area contributed by atoms with Gasteiger partial charge in [0.05, 0.1) is 12.9 Å². The lowest BCUT2D eigenvalue weighted by atomic mass is 9.78. The predicted molar refractivity (Wildman–Crippen MR) is 84.7 cm³/mol. The van der Waals surface area contributed by atoms with Gasteiger partial charge in [0.2, 0.25) is 0 Å². The Morgan fingerprint density at radius 3 is 2.95 bits per heavy atom. The van der Waals surface area contributed by atoms with Gasteiger partial charge in [-0.3, -0.25) is 4.90 Å². The average Bonchev–Trinajstić information content (AvgIpc) is 3.18. The fourth-order valence-corrected chi connectivity index (χ4v) is 4.15. The third kappa shape index (κ3) is 2.65. The molecule has 1 aliphatic heterocycles. The van der Waals surface area contributed by atoms with Gasteiger partial charge < -0.3 is 8.83 Å². The second kappa shape index (κ2) is 6.01. The van der Waals surface area contributed by atoms with E-state index in [-0.39, 0.29) is 0 Å². The van der Waals surface area contributed by atoms with Crippen LogP contribution < -0.4 is 0 Å². The summed E-state index contributed by atoms with van der Waals surface area (Å²) in [4.78, 5) is 2.96. The summed E-state index contributed by atoms with van der Waals surface area (Å²) in [6.45, 7) is 1.86. The molecule has 1 aliphatic carbocycles. The third-order valence-electron chi connectivity index (χ3n) is 5.01. The Morgan fingerprint density at radius 1 is 1.23 bits per heavy atom. The van der Waals surface area contributed by atoms with Crippen molar-refractivity contribution in [1.29, 1.82) is 0 Å². The third-order valence-corrected chi connectivity index (χ3v) is 5.31. The second-order valence-electron chi connectivity index (χ2n) is 6.36. The van der Waals surface area contributed by atoms with Crippen molar-refractivity contribution in [3.05, 3.63) is 23.2 Å². The van der Waals surface area contributed by atoms with Crippen LogP contribution in [0.15, 0.2) is 27.2 Å². The van der Waals surface area contributed by atoms with E-state index in [0.717, 1.165) is 19.1 Å². The van der Waals surface area contributed by atoms with Gasteiger partial charge in [-0.05, 0) is 56.0 Å². The fourth-order valence-electron chi connectivity index (χ4n) is 3.97. The molecule has 0 radical (unpaired) electrons. The van der Waals surface area contributed by atoms with Gasteiger partial charge >= 0.3 is 0 Å². The van der Waals surface area contributed by atoms with Crippen LogP contribution in [-0.2, 0) is 6.67 Å². The molecule has 1 saturated heterocycles. The molecule has 1 saturated carbocycles. The summed E-state index contributed by atoms with van der Waals surface area (Å²) < 4.78 is 12.7. The molecule has 5 nitrogen and oxygen atoms in total. The van der Waals surface area contributed by atoms with E-state index >= 15 is 0 Å². The van der Waals surface area contributed by atoms with Crippen LogP contribution >= 0.6 is 12.2 Å². The highest BCUT2D eigenvalue weighted by molar-refractivity contribution is 7.71. The number of piperidine rings is 1. The maximum Gasteiger partial charge on any atom is 0.288 e. The van der Waals surface area contributed by atoms with Gasteiger partial charge in [-0.1, -0.05) is 12.8 Å². The van der Waals surface area contributed by atoms with E-state index in [0.29, 0.717) is 22.5 Å². The van der Waals surface area contributed by atoms with Gasteiger partial charge in [-0.25, -0.2) is 4.68 Å². The number of furan rings is 1. The SMILES string of the molecule is S=c1oc(-c2ccco2)nn1CN1CCC[C@@H]2CCCC[C@@H]21. The molecule has 22 heavy (non-hydrogen) atoms. The van der Waals surface area contributed by atoms with Crippen molar-refractivity contribution in [2.75, 3.05) is 6.54 Å². The molecule has 6 heteroatoms. The van der Waals surface area contributed by atoms with Crippen LogP contribution in [0.3, 0.4) is 0 Å². The van der Waals surface area contributed by atoms with Gasteiger partial charge in [-0.15, -0.1) is 5.10 Å². The molecule has 2 aliphatic rings. The van der Waals surface area contributed by atoms with Gasteiger partial charge in [0.15, 0.2) is 5.76 Å². The Labute approximate surface area is 134 Å². The molecule has 2 aromatic heterocycles. The minimum atomic E-state index is 0.421. The molecule has 4 rings (SSSR count). The summed E-state index contributed by atoms with van der Waals surface area (Å²) in [5.74, 6) is 1.94. The minimum absolute atomic E-state index is 0.421. The van der Waals surface area contributed by atoms with Crippen LogP contribution in [0.1, 0.15) is 38.5 Å². The number of rotatable bonds is 3.